The molecule has 0 saturated carbocycles. The molecule has 2 rings (SSSR count). The Bertz CT molecular complexity index is 951. The van der Waals surface area contributed by atoms with Gasteiger partial charge in [-0.05, 0) is 70.7 Å². The maximum Gasteiger partial charge on any atom is 0.266 e. The molecule has 0 heterocycles. The van der Waals surface area contributed by atoms with Crippen molar-refractivity contribution >= 4 is 45.2 Å². The van der Waals surface area contributed by atoms with Gasteiger partial charge in [0.1, 0.15) is 11.6 Å². The van der Waals surface area contributed by atoms with Crippen molar-refractivity contribution in [1.82, 2.24) is 0 Å². The second-order valence-electron chi connectivity index (χ2n) is 5.97. The summed E-state index contributed by atoms with van der Waals surface area (Å²) in [5.41, 5.74) is 1.98. The molecule has 2 aromatic rings. The Morgan fingerprint density at radius 1 is 1.36 bits per heavy atom. The van der Waals surface area contributed by atoms with Crippen LogP contribution in [0.2, 0.25) is 5.02 Å². The number of nitrogens with one attached hydrogen (secondary N) is 1. The molecule has 1 amide bonds. The Hall–Kier alpha value is -2.49. The van der Waals surface area contributed by atoms with E-state index in [9.17, 15) is 10.1 Å². The van der Waals surface area contributed by atoms with E-state index in [0.29, 0.717) is 38.9 Å². The fourth-order valence-corrected chi connectivity index (χ4v) is 3.15. The Labute approximate surface area is 178 Å². The van der Waals surface area contributed by atoms with Crippen LogP contribution in [0.25, 0.3) is 6.08 Å². The lowest BCUT2D eigenvalue weighted by molar-refractivity contribution is -0.112. The van der Waals surface area contributed by atoms with Gasteiger partial charge in [-0.25, -0.2) is 0 Å². The van der Waals surface area contributed by atoms with Crippen molar-refractivity contribution < 1.29 is 14.3 Å². The largest absolute Gasteiger partial charge is 0.493 e. The van der Waals surface area contributed by atoms with E-state index in [2.05, 4.69) is 21.2 Å². The predicted molar refractivity (Wildman–Crippen MR) is 115 cm³/mol. The van der Waals surface area contributed by atoms with E-state index in [-0.39, 0.29) is 5.57 Å². The van der Waals surface area contributed by atoms with Crippen LogP contribution in [0.5, 0.6) is 11.5 Å². The van der Waals surface area contributed by atoms with Crippen LogP contribution in [0.3, 0.4) is 0 Å². The molecular formula is C21H20BrClN2O3. The van der Waals surface area contributed by atoms with Gasteiger partial charge in [0.15, 0.2) is 11.5 Å². The van der Waals surface area contributed by atoms with Crippen LogP contribution in [-0.2, 0) is 4.79 Å². The van der Waals surface area contributed by atoms with Gasteiger partial charge < -0.3 is 14.8 Å². The van der Waals surface area contributed by atoms with E-state index >= 15 is 0 Å². The number of aryl methyl sites for hydroxylation is 1. The summed E-state index contributed by atoms with van der Waals surface area (Å²) in [6, 6.07) is 10.6. The van der Waals surface area contributed by atoms with Gasteiger partial charge in [-0.2, -0.15) is 5.26 Å². The van der Waals surface area contributed by atoms with Gasteiger partial charge in [0.2, 0.25) is 0 Å². The summed E-state index contributed by atoms with van der Waals surface area (Å²) in [6.45, 7) is 4.41. The summed E-state index contributed by atoms with van der Waals surface area (Å²) in [5, 5.41) is 12.7. The number of nitriles is 1. The molecule has 2 aromatic carbocycles. The van der Waals surface area contributed by atoms with Crippen molar-refractivity contribution in [2.24, 2.45) is 0 Å². The number of carbonyl (C=O) groups excluding carboxylic acids is 1. The number of anilines is 1. The summed E-state index contributed by atoms with van der Waals surface area (Å²) >= 11 is 9.44. The average Bonchev–Trinajstić information content (AvgIpc) is 2.67. The van der Waals surface area contributed by atoms with Crippen LogP contribution in [0, 0.1) is 18.3 Å². The first kappa shape index (κ1) is 21.8. The highest BCUT2D eigenvalue weighted by Gasteiger charge is 2.14. The highest BCUT2D eigenvalue weighted by Crippen LogP contribution is 2.37. The zero-order chi connectivity index (χ0) is 20.7. The van der Waals surface area contributed by atoms with Crippen molar-refractivity contribution in [3.05, 3.63) is 56.5 Å². The molecule has 0 atom stereocenters. The van der Waals surface area contributed by atoms with E-state index in [4.69, 9.17) is 21.1 Å². The Morgan fingerprint density at radius 2 is 2.11 bits per heavy atom. The maximum absolute atomic E-state index is 12.5. The molecule has 0 aliphatic carbocycles. The SMILES string of the molecule is CCCOc1c(Br)cc(/C=C(\C#N)C(=O)Nc2cc(Cl)ccc2C)cc1OC. The number of methoxy groups -OCH3 is 1. The molecule has 1 N–H and O–H groups in total. The smallest absolute Gasteiger partial charge is 0.266 e. The van der Waals surface area contributed by atoms with Crippen LogP contribution in [0.15, 0.2) is 40.4 Å². The zero-order valence-corrected chi connectivity index (χ0v) is 18.1. The summed E-state index contributed by atoms with van der Waals surface area (Å²) in [4.78, 5) is 12.5. The lowest BCUT2D eigenvalue weighted by Crippen LogP contribution is -2.14. The predicted octanol–water partition coefficient (Wildman–Crippen LogP) is 5.75. The first-order valence-electron chi connectivity index (χ1n) is 8.59. The van der Waals surface area contributed by atoms with E-state index < -0.39 is 5.91 Å². The van der Waals surface area contributed by atoms with E-state index in [1.807, 2.05) is 19.9 Å². The van der Waals surface area contributed by atoms with Gasteiger partial charge in [0.05, 0.1) is 18.2 Å². The molecular weight excluding hydrogens is 444 g/mol. The molecule has 0 bridgehead atoms. The quantitative estimate of drug-likeness (QED) is 0.419. The lowest BCUT2D eigenvalue weighted by Gasteiger charge is -2.13. The molecule has 0 fully saturated rings. The second-order valence-corrected chi connectivity index (χ2v) is 7.26. The van der Waals surface area contributed by atoms with Crippen LogP contribution in [0.4, 0.5) is 5.69 Å². The van der Waals surface area contributed by atoms with Crippen molar-refractivity contribution in [3.8, 4) is 17.6 Å². The number of nitrogens with zero attached hydrogens (tertiary/aromatic N) is 1. The van der Waals surface area contributed by atoms with E-state index in [1.165, 1.54) is 13.2 Å². The third-order valence-corrected chi connectivity index (χ3v) is 4.65. The molecule has 0 unspecified atom stereocenters. The summed E-state index contributed by atoms with van der Waals surface area (Å²) < 4.78 is 11.8. The summed E-state index contributed by atoms with van der Waals surface area (Å²) in [5.74, 6) is 0.575. The van der Waals surface area contributed by atoms with Crippen molar-refractivity contribution in [2.45, 2.75) is 20.3 Å². The summed E-state index contributed by atoms with van der Waals surface area (Å²) in [7, 11) is 1.54. The molecule has 0 aromatic heterocycles. The first-order chi connectivity index (χ1) is 13.4. The Morgan fingerprint density at radius 3 is 2.75 bits per heavy atom. The number of hydrogen-bond acceptors (Lipinski definition) is 4. The molecule has 0 aliphatic heterocycles. The van der Waals surface area contributed by atoms with E-state index in [1.54, 1.807) is 30.3 Å². The molecule has 28 heavy (non-hydrogen) atoms. The third kappa shape index (κ3) is 5.51. The number of halogens is 2. The van der Waals surface area contributed by atoms with Gasteiger partial charge in [0.25, 0.3) is 5.91 Å². The van der Waals surface area contributed by atoms with Crippen LogP contribution >= 0.6 is 27.5 Å². The fraction of sp³-hybridized carbons (Fsp3) is 0.238. The second kappa shape index (κ2) is 10.2. The fourth-order valence-electron chi connectivity index (χ4n) is 2.40. The highest BCUT2D eigenvalue weighted by molar-refractivity contribution is 9.10. The van der Waals surface area contributed by atoms with Gasteiger partial charge in [0, 0.05) is 10.7 Å². The molecule has 5 nitrogen and oxygen atoms in total. The van der Waals surface area contributed by atoms with Crippen molar-refractivity contribution in [1.29, 1.82) is 5.26 Å². The topological polar surface area (TPSA) is 71.3 Å². The maximum atomic E-state index is 12.5. The van der Waals surface area contributed by atoms with Gasteiger partial charge in [-0.3, -0.25) is 4.79 Å². The molecule has 0 radical (unpaired) electrons. The number of carbonyl (C=O) groups is 1. The normalized spacial score (nSPS) is 10.9. The minimum atomic E-state index is -0.519. The minimum Gasteiger partial charge on any atom is -0.493 e. The lowest BCUT2D eigenvalue weighted by atomic mass is 10.1. The van der Waals surface area contributed by atoms with Crippen molar-refractivity contribution in [2.75, 3.05) is 19.0 Å². The highest BCUT2D eigenvalue weighted by atomic mass is 79.9. The standard InChI is InChI=1S/C21H20BrClN2O3/c1-4-7-28-20-17(22)9-14(10-19(20)27-3)8-15(12-24)21(26)25-18-11-16(23)6-5-13(18)2/h5-6,8-11H,4,7H2,1-3H3,(H,25,26)/b15-8+. The number of ether oxygens (including phenoxy) is 2. The Kier molecular flexibility index (Phi) is 7.91. The van der Waals surface area contributed by atoms with Gasteiger partial charge in [-0.15, -0.1) is 0 Å². The number of amides is 1. The summed E-state index contributed by atoms with van der Waals surface area (Å²) in [6.07, 6.45) is 2.35. The van der Waals surface area contributed by atoms with Crippen LogP contribution in [-0.4, -0.2) is 19.6 Å². The number of rotatable bonds is 7. The molecule has 7 heteroatoms. The monoisotopic (exact) mass is 462 g/mol. The Balaban J connectivity index is 2.33. The van der Waals surface area contributed by atoms with Gasteiger partial charge >= 0.3 is 0 Å². The van der Waals surface area contributed by atoms with Crippen LogP contribution < -0.4 is 14.8 Å². The molecule has 0 spiro atoms. The minimum absolute atomic E-state index is 0.0458. The van der Waals surface area contributed by atoms with Crippen molar-refractivity contribution in [3.63, 3.8) is 0 Å². The van der Waals surface area contributed by atoms with Gasteiger partial charge in [-0.1, -0.05) is 24.6 Å². The van der Waals surface area contributed by atoms with E-state index in [0.717, 1.165) is 12.0 Å². The average molecular weight is 464 g/mol. The molecule has 146 valence electrons. The zero-order valence-electron chi connectivity index (χ0n) is 15.8. The molecule has 0 saturated heterocycles. The molecule has 0 aliphatic rings. The first-order valence-corrected chi connectivity index (χ1v) is 9.76. The third-order valence-electron chi connectivity index (χ3n) is 3.83. The number of hydrogen-bond donors (Lipinski definition) is 1. The number of benzene rings is 2. The van der Waals surface area contributed by atoms with Crippen LogP contribution in [0.1, 0.15) is 24.5 Å².